The summed E-state index contributed by atoms with van der Waals surface area (Å²) < 4.78 is 0. The molecule has 0 saturated heterocycles. The van der Waals surface area contributed by atoms with Gasteiger partial charge in [-0.05, 0) is 52.6 Å². The summed E-state index contributed by atoms with van der Waals surface area (Å²) in [6.07, 6.45) is 18.5. The van der Waals surface area contributed by atoms with E-state index < -0.39 is 0 Å². The second-order valence-electron chi connectivity index (χ2n) is 7.12. The Bertz CT molecular complexity index is 311. The highest BCUT2D eigenvalue weighted by molar-refractivity contribution is 5.19. The fourth-order valence-corrected chi connectivity index (χ4v) is 4.22. The molecule has 0 aliphatic heterocycles. The van der Waals surface area contributed by atoms with Gasteiger partial charge in [0, 0.05) is 11.6 Å². The van der Waals surface area contributed by atoms with Gasteiger partial charge in [0.15, 0.2) is 0 Å². The SMILES string of the molecule is CN(C)C1(C(N)C2=CCCCCCC2)CCCCCC1. The molecule has 2 N–H and O–H groups in total. The fraction of sp³-hybridized carbons (Fsp3) is 0.889. The summed E-state index contributed by atoms with van der Waals surface area (Å²) in [6.45, 7) is 0. The van der Waals surface area contributed by atoms with Crippen LogP contribution < -0.4 is 5.73 Å². The van der Waals surface area contributed by atoms with Crippen LogP contribution in [0.4, 0.5) is 0 Å². The quantitative estimate of drug-likeness (QED) is 0.618. The monoisotopic (exact) mass is 278 g/mol. The first-order chi connectivity index (χ1) is 9.67. The van der Waals surface area contributed by atoms with Gasteiger partial charge in [0.2, 0.25) is 0 Å². The second kappa shape index (κ2) is 7.61. The van der Waals surface area contributed by atoms with Crippen LogP contribution in [0, 0.1) is 0 Å². The maximum atomic E-state index is 6.84. The minimum Gasteiger partial charge on any atom is -0.323 e. The smallest absolute Gasteiger partial charge is 0.0441 e. The van der Waals surface area contributed by atoms with Crippen molar-refractivity contribution >= 4 is 0 Å². The molecule has 0 radical (unpaired) electrons. The summed E-state index contributed by atoms with van der Waals surface area (Å²) in [5.41, 5.74) is 8.60. The van der Waals surface area contributed by atoms with Crippen molar-refractivity contribution in [2.24, 2.45) is 5.73 Å². The Morgan fingerprint density at radius 3 is 2.20 bits per heavy atom. The van der Waals surface area contributed by atoms with E-state index in [0.29, 0.717) is 0 Å². The highest BCUT2D eigenvalue weighted by Gasteiger charge is 2.40. The van der Waals surface area contributed by atoms with Gasteiger partial charge < -0.3 is 10.6 Å². The van der Waals surface area contributed by atoms with Gasteiger partial charge in [-0.2, -0.15) is 0 Å². The molecule has 1 saturated carbocycles. The molecule has 1 unspecified atom stereocenters. The van der Waals surface area contributed by atoms with Gasteiger partial charge in [0.25, 0.3) is 0 Å². The molecule has 0 aromatic carbocycles. The number of nitrogens with two attached hydrogens (primary N) is 1. The van der Waals surface area contributed by atoms with Crippen molar-refractivity contribution in [3.05, 3.63) is 11.6 Å². The van der Waals surface area contributed by atoms with E-state index in [4.69, 9.17) is 5.73 Å². The van der Waals surface area contributed by atoms with Crippen molar-refractivity contribution in [1.29, 1.82) is 0 Å². The fourth-order valence-electron chi connectivity index (χ4n) is 4.22. The average Bonchev–Trinajstić information content (AvgIpc) is 2.64. The molecule has 0 aromatic rings. The molecule has 20 heavy (non-hydrogen) atoms. The van der Waals surface area contributed by atoms with Gasteiger partial charge in [-0.3, -0.25) is 0 Å². The second-order valence-corrected chi connectivity index (χ2v) is 7.12. The zero-order valence-corrected chi connectivity index (χ0v) is 13.7. The molecule has 0 aromatic heterocycles. The van der Waals surface area contributed by atoms with Crippen LogP contribution >= 0.6 is 0 Å². The normalized spacial score (nSPS) is 26.3. The number of nitrogens with zero attached hydrogens (tertiary/aromatic N) is 1. The maximum Gasteiger partial charge on any atom is 0.0441 e. The van der Waals surface area contributed by atoms with E-state index in [2.05, 4.69) is 25.1 Å². The molecule has 2 aliphatic rings. The summed E-state index contributed by atoms with van der Waals surface area (Å²) in [5, 5.41) is 0. The Labute approximate surface area is 125 Å². The van der Waals surface area contributed by atoms with Gasteiger partial charge in [-0.15, -0.1) is 0 Å². The first kappa shape index (κ1) is 16.0. The summed E-state index contributed by atoms with van der Waals surface area (Å²) in [6, 6.07) is 0.244. The van der Waals surface area contributed by atoms with Crippen molar-refractivity contribution in [2.45, 2.75) is 88.6 Å². The molecular formula is C18H34N2. The third-order valence-electron chi connectivity index (χ3n) is 5.66. The molecule has 1 fully saturated rings. The molecule has 1 atom stereocenters. The third-order valence-corrected chi connectivity index (χ3v) is 5.66. The van der Waals surface area contributed by atoms with Gasteiger partial charge in [0.05, 0.1) is 0 Å². The highest BCUT2D eigenvalue weighted by Crippen LogP contribution is 2.37. The Morgan fingerprint density at radius 2 is 1.55 bits per heavy atom. The molecule has 2 nitrogen and oxygen atoms in total. The Kier molecular flexibility index (Phi) is 6.10. The molecule has 0 spiro atoms. The lowest BCUT2D eigenvalue weighted by molar-refractivity contribution is 0.108. The van der Waals surface area contributed by atoms with Gasteiger partial charge in [-0.1, -0.05) is 50.2 Å². The molecule has 2 heteroatoms. The first-order valence-corrected chi connectivity index (χ1v) is 8.79. The van der Waals surface area contributed by atoms with Crippen LogP contribution in [0.1, 0.15) is 77.0 Å². The van der Waals surface area contributed by atoms with Crippen LogP contribution in [0.2, 0.25) is 0 Å². The Hall–Kier alpha value is -0.340. The van der Waals surface area contributed by atoms with Crippen molar-refractivity contribution in [2.75, 3.05) is 14.1 Å². The Balaban J connectivity index is 2.18. The van der Waals surface area contributed by atoms with Crippen LogP contribution in [0.5, 0.6) is 0 Å². The first-order valence-electron chi connectivity index (χ1n) is 8.79. The molecule has 0 heterocycles. The molecule has 0 amide bonds. The van der Waals surface area contributed by atoms with Crippen molar-refractivity contribution in [3.8, 4) is 0 Å². The van der Waals surface area contributed by atoms with Crippen molar-refractivity contribution in [1.82, 2.24) is 4.90 Å². The lowest BCUT2D eigenvalue weighted by atomic mass is 9.76. The highest BCUT2D eigenvalue weighted by atomic mass is 15.2. The zero-order chi connectivity index (χ0) is 14.4. The molecule has 116 valence electrons. The summed E-state index contributed by atoms with van der Waals surface area (Å²) in [5.74, 6) is 0. The molecule has 2 aliphatic carbocycles. The minimum atomic E-state index is 0.210. The van der Waals surface area contributed by atoms with E-state index in [1.165, 1.54) is 77.0 Å². The van der Waals surface area contributed by atoms with Crippen LogP contribution in [0.3, 0.4) is 0 Å². The van der Waals surface area contributed by atoms with Crippen LogP contribution in [0.15, 0.2) is 11.6 Å². The predicted molar refractivity (Wildman–Crippen MR) is 87.9 cm³/mol. The summed E-state index contributed by atoms with van der Waals surface area (Å²) in [4.78, 5) is 2.45. The van der Waals surface area contributed by atoms with E-state index in [9.17, 15) is 0 Å². The standard InChI is InChI=1S/C18H34N2/c1-20(2)18(14-10-6-7-11-15-18)17(19)16-12-8-4-3-5-9-13-16/h12,17H,3-11,13-15,19H2,1-2H3. The largest absolute Gasteiger partial charge is 0.323 e. The number of likely N-dealkylation sites (N-methyl/N-ethyl adjacent to an activating group) is 1. The van der Waals surface area contributed by atoms with Crippen LogP contribution in [0.25, 0.3) is 0 Å². The van der Waals surface area contributed by atoms with E-state index in [0.717, 1.165) is 0 Å². The number of hydrogen-bond donors (Lipinski definition) is 1. The van der Waals surface area contributed by atoms with Crippen LogP contribution in [-0.2, 0) is 0 Å². The van der Waals surface area contributed by atoms with Gasteiger partial charge >= 0.3 is 0 Å². The van der Waals surface area contributed by atoms with E-state index in [-0.39, 0.29) is 11.6 Å². The minimum absolute atomic E-state index is 0.210. The lowest BCUT2D eigenvalue weighted by Crippen LogP contribution is -2.58. The number of rotatable bonds is 3. The van der Waals surface area contributed by atoms with Crippen LogP contribution in [-0.4, -0.2) is 30.6 Å². The van der Waals surface area contributed by atoms with E-state index in [1.54, 1.807) is 5.57 Å². The zero-order valence-electron chi connectivity index (χ0n) is 13.7. The van der Waals surface area contributed by atoms with E-state index in [1.807, 2.05) is 0 Å². The lowest BCUT2D eigenvalue weighted by Gasteiger charge is -2.45. The summed E-state index contributed by atoms with van der Waals surface area (Å²) in [7, 11) is 4.49. The number of hydrogen-bond acceptors (Lipinski definition) is 2. The summed E-state index contributed by atoms with van der Waals surface area (Å²) >= 11 is 0. The predicted octanol–water partition coefficient (Wildman–Crippen LogP) is 4.25. The van der Waals surface area contributed by atoms with Crippen molar-refractivity contribution < 1.29 is 0 Å². The molecule has 0 bridgehead atoms. The molecular weight excluding hydrogens is 244 g/mol. The van der Waals surface area contributed by atoms with Gasteiger partial charge in [0.1, 0.15) is 0 Å². The maximum absolute atomic E-state index is 6.84. The van der Waals surface area contributed by atoms with Gasteiger partial charge in [-0.25, -0.2) is 0 Å². The van der Waals surface area contributed by atoms with Crippen molar-refractivity contribution in [3.63, 3.8) is 0 Å². The van der Waals surface area contributed by atoms with E-state index >= 15 is 0 Å². The Morgan fingerprint density at radius 1 is 0.950 bits per heavy atom. The molecule has 2 rings (SSSR count). The number of allylic oxidation sites excluding steroid dienone is 1. The topological polar surface area (TPSA) is 29.3 Å². The third kappa shape index (κ3) is 3.65. The average molecular weight is 278 g/mol.